The SMILES string of the molecule is Cc1cc(-c2ncnn3cc(N4CCN(C(=O)CCCCC5CCN(C(=O)c6ccc(OC7CCC(=O)NC7=O)cc6)CC5)CC4)cc23)ccc1CNC(=O)c1noc(C(C)(C)C)n1. The molecule has 8 rings (SSSR count). The molecule has 1 atom stereocenters. The average Bonchev–Trinajstić information content (AvgIpc) is 3.98. The fourth-order valence-corrected chi connectivity index (χ4v) is 8.54. The van der Waals surface area contributed by atoms with Crippen LogP contribution in [-0.2, 0) is 26.3 Å². The molecule has 0 saturated carbocycles. The van der Waals surface area contributed by atoms with Gasteiger partial charge in [0.15, 0.2) is 6.10 Å². The van der Waals surface area contributed by atoms with Gasteiger partial charge in [-0.05, 0) is 79.6 Å². The molecule has 17 nitrogen and oxygen atoms in total. The predicted octanol–water partition coefficient (Wildman–Crippen LogP) is 5.26. The van der Waals surface area contributed by atoms with E-state index in [0.717, 1.165) is 78.8 Å². The Balaban J connectivity index is 0.749. The number of likely N-dealkylation sites (tertiary alicyclic amines) is 1. The first-order chi connectivity index (χ1) is 30.8. The molecular formula is C47H56N10O7. The monoisotopic (exact) mass is 872 g/mol. The number of fused-ring (bicyclic) bond motifs is 1. The third-order valence-corrected chi connectivity index (χ3v) is 12.4. The Morgan fingerprint density at radius 2 is 1.69 bits per heavy atom. The normalized spacial score (nSPS) is 17.4. The molecule has 0 bridgehead atoms. The van der Waals surface area contributed by atoms with E-state index in [1.165, 1.54) is 0 Å². The predicted molar refractivity (Wildman–Crippen MR) is 236 cm³/mol. The van der Waals surface area contributed by atoms with E-state index in [0.29, 0.717) is 68.7 Å². The number of carbonyl (C=O) groups is 5. The zero-order valence-corrected chi connectivity index (χ0v) is 37.0. The number of ether oxygens (including phenoxy) is 1. The molecule has 5 aromatic rings. The number of piperazine rings is 1. The van der Waals surface area contributed by atoms with Crippen molar-refractivity contribution in [3.05, 3.63) is 89.5 Å². The lowest BCUT2D eigenvalue weighted by Crippen LogP contribution is -2.48. The molecule has 6 heterocycles. The van der Waals surface area contributed by atoms with Gasteiger partial charge in [0.2, 0.25) is 17.7 Å². The van der Waals surface area contributed by atoms with E-state index in [9.17, 15) is 24.0 Å². The number of amides is 5. The second kappa shape index (κ2) is 19.0. The van der Waals surface area contributed by atoms with E-state index in [4.69, 9.17) is 9.26 Å². The van der Waals surface area contributed by atoms with E-state index < -0.39 is 17.9 Å². The smallest absolute Gasteiger partial charge is 0.292 e. The Hall–Kier alpha value is -6.65. The number of unbranched alkanes of at least 4 members (excludes halogenated alkanes) is 1. The Labute approximate surface area is 371 Å². The Bertz CT molecular complexity index is 2510. The first kappa shape index (κ1) is 44.0. The van der Waals surface area contributed by atoms with Gasteiger partial charge in [-0.2, -0.15) is 10.1 Å². The maximum atomic E-state index is 13.2. The maximum absolute atomic E-state index is 13.2. The minimum Gasteiger partial charge on any atom is -0.481 e. The Kier molecular flexibility index (Phi) is 13.0. The van der Waals surface area contributed by atoms with Crippen LogP contribution in [0.3, 0.4) is 0 Å². The van der Waals surface area contributed by atoms with Crippen LogP contribution in [0.25, 0.3) is 16.8 Å². The quantitative estimate of drug-likeness (QED) is 0.115. The van der Waals surface area contributed by atoms with Gasteiger partial charge >= 0.3 is 0 Å². The molecule has 3 aliphatic heterocycles. The minimum atomic E-state index is -0.718. The molecule has 3 aliphatic rings. The molecule has 0 radical (unpaired) electrons. The summed E-state index contributed by atoms with van der Waals surface area (Å²) in [6.07, 6.45) is 8.73. The number of anilines is 1. The fourth-order valence-electron chi connectivity index (χ4n) is 8.54. The molecule has 3 saturated heterocycles. The zero-order chi connectivity index (χ0) is 45.0. The Morgan fingerprint density at radius 3 is 2.39 bits per heavy atom. The van der Waals surface area contributed by atoms with Crippen molar-refractivity contribution >= 4 is 40.7 Å². The highest BCUT2D eigenvalue weighted by Gasteiger charge is 2.30. The van der Waals surface area contributed by atoms with Crippen molar-refractivity contribution in [3.8, 4) is 17.0 Å². The first-order valence-corrected chi connectivity index (χ1v) is 22.3. The highest BCUT2D eigenvalue weighted by molar-refractivity contribution is 6.00. The van der Waals surface area contributed by atoms with E-state index >= 15 is 0 Å². The molecule has 0 spiro atoms. The lowest BCUT2D eigenvalue weighted by atomic mass is 9.91. The van der Waals surface area contributed by atoms with Gasteiger partial charge in [0.25, 0.3) is 23.5 Å². The largest absolute Gasteiger partial charge is 0.481 e. The van der Waals surface area contributed by atoms with E-state index in [1.807, 2.05) is 60.3 Å². The molecule has 336 valence electrons. The van der Waals surface area contributed by atoms with Gasteiger partial charge in [-0.25, -0.2) is 9.50 Å². The van der Waals surface area contributed by atoms with Gasteiger partial charge in [0.05, 0.1) is 23.1 Å². The van der Waals surface area contributed by atoms with Crippen molar-refractivity contribution in [2.75, 3.05) is 44.2 Å². The molecule has 1 unspecified atom stereocenters. The number of rotatable bonds is 13. The molecule has 17 heteroatoms. The van der Waals surface area contributed by atoms with Crippen LogP contribution < -0.4 is 20.3 Å². The minimum absolute atomic E-state index is 0.0116. The van der Waals surface area contributed by atoms with Crippen LogP contribution in [0, 0.1) is 12.8 Å². The molecule has 5 amide bonds. The summed E-state index contributed by atoms with van der Waals surface area (Å²) in [6.45, 7) is 12.3. The third kappa shape index (κ3) is 10.2. The fraction of sp³-hybridized carbons (Fsp3) is 0.468. The number of aryl methyl sites for hydroxylation is 1. The summed E-state index contributed by atoms with van der Waals surface area (Å²) in [7, 11) is 0. The van der Waals surface area contributed by atoms with Crippen molar-refractivity contribution in [2.24, 2.45) is 5.92 Å². The summed E-state index contributed by atoms with van der Waals surface area (Å²) in [5.41, 5.74) is 5.84. The van der Waals surface area contributed by atoms with Crippen LogP contribution in [0.1, 0.15) is 110 Å². The number of imide groups is 1. The second-order valence-electron chi connectivity index (χ2n) is 18.1. The Morgan fingerprint density at radius 1 is 0.922 bits per heavy atom. The lowest BCUT2D eigenvalue weighted by Gasteiger charge is -2.35. The number of nitrogens with zero attached hydrogens (tertiary/aromatic N) is 8. The summed E-state index contributed by atoms with van der Waals surface area (Å²) in [4.78, 5) is 77.7. The van der Waals surface area contributed by atoms with E-state index in [1.54, 1.807) is 30.6 Å². The number of piperidine rings is 2. The zero-order valence-electron chi connectivity index (χ0n) is 37.0. The number of carbonyl (C=O) groups excluding carboxylic acids is 5. The van der Waals surface area contributed by atoms with Crippen LogP contribution in [0.15, 0.2) is 65.6 Å². The number of nitrogens with one attached hydrogen (secondary N) is 2. The molecule has 3 fully saturated rings. The molecule has 2 aromatic carbocycles. The molecule has 2 N–H and O–H groups in total. The van der Waals surface area contributed by atoms with Crippen molar-refractivity contribution in [1.82, 2.24) is 45.2 Å². The highest BCUT2D eigenvalue weighted by atomic mass is 16.5. The standard InChI is InChI=1S/C47H56N10O7/c1-30-25-33(9-10-34(30)27-48-44(61)42-52-46(64-53-42)47(2,3)4)41-37-26-35(28-57(37)50-29-49-41)54-21-23-55(24-22-54)40(59)8-6-5-7-31-17-19-56(20-18-31)45(62)32-11-13-36(14-12-32)63-38-15-16-39(58)51-43(38)60/h9-14,25-26,28-29,31,38H,5-8,15-24,27H2,1-4H3,(H,48,61)(H,51,58,60). The van der Waals surface area contributed by atoms with Crippen LogP contribution in [0.4, 0.5) is 5.69 Å². The van der Waals surface area contributed by atoms with Gasteiger partial charge in [-0.15, -0.1) is 0 Å². The lowest BCUT2D eigenvalue weighted by molar-refractivity contribution is -0.139. The van der Waals surface area contributed by atoms with Crippen molar-refractivity contribution in [1.29, 1.82) is 0 Å². The summed E-state index contributed by atoms with van der Waals surface area (Å²) in [5, 5.41) is 13.5. The molecule has 64 heavy (non-hydrogen) atoms. The number of hydrogen-bond donors (Lipinski definition) is 2. The van der Waals surface area contributed by atoms with Crippen molar-refractivity contribution in [3.63, 3.8) is 0 Å². The number of benzene rings is 2. The molecular weight excluding hydrogens is 817 g/mol. The number of hydrogen-bond acceptors (Lipinski definition) is 12. The molecule has 0 aliphatic carbocycles. The van der Waals surface area contributed by atoms with Gasteiger partial charge < -0.3 is 29.3 Å². The average molecular weight is 873 g/mol. The first-order valence-electron chi connectivity index (χ1n) is 22.3. The van der Waals surface area contributed by atoms with Crippen LogP contribution in [0.2, 0.25) is 0 Å². The van der Waals surface area contributed by atoms with E-state index in [-0.39, 0.29) is 35.4 Å². The summed E-state index contributed by atoms with van der Waals surface area (Å²) >= 11 is 0. The van der Waals surface area contributed by atoms with Gasteiger partial charge in [0.1, 0.15) is 12.1 Å². The maximum Gasteiger partial charge on any atom is 0.292 e. The topological polar surface area (TPSA) is 197 Å². The number of aromatic nitrogens is 5. The van der Waals surface area contributed by atoms with Crippen LogP contribution in [-0.4, -0.2) is 109 Å². The summed E-state index contributed by atoms with van der Waals surface area (Å²) in [5.74, 6) is 0.494. The van der Waals surface area contributed by atoms with Crippen molar-refractivity contribution < 1.29 is 33.2 Å². The second-order valence-corrected chi connectivity index (χ2v) is 18.1. The van der Waals surface area contributed by atoms with E-state index in [2.05, 4.69) is 47.9 Å². The summed E-state index contributed by atoms with van der Waals surface area (Å²) in [6, 6.07) is 15.0. The highest BCUT2D eigenvalue weighted by Crippen LogP contribution is 2.30. The van der Waals surface area contributed by atoms with Gasteiger partial charge in [-0.3, -0.25) is 29.3 Å². The summed E-state index contributed by atoms with van der Waals surface area (Å²) < 4.78 is 12.9. The van der Waals surface area contributed by atoms with Crippen LogP contribution in [0.5, 0.6) is 5.75 Å². The third-order valence-electron chi connectivity index (χ3n) is 12.4. The van der Waals surface area contributed by atoms with Crippen molar-refractivity contribution in [2.45, 2.75) is 97.1 Å². The van der Waals surface area contributed by atoms with Gasteiger partial charge in [0, 0.05) is 81.6 Å². The van der Waals surface area contributed by atoms with Crippen LogP contribution >= 0.6 is 0 Å². The molecule has 3 aromatic heterocycles. The van der Waals surface area contributed by atoms with Gasteiger partial charge in [-0.1, -0.05) is 50.9 Å².